The molecular weight excluding hydrogens is 182 g/mol. The molecular formula is C9H19N3O2. The Morgan fingerprint density at radius 1 is 1.57 bits per heavy atom. The first kappa shape index (κ1) is 11.3. The molecule has 1 aliphatic rings. The minimum Gasteiger partial charge on any atom is -0.381 e. The maximum atomic E-state index is 11.5. The number of nitrogens with zero attached hydrogens (tertiary/aromatic N) is 1. The average molecular weight is 201 g/mol. The van der Waals surface area contributed by atoms with E-state index in [4.69, 9.17) is 10.5 Å². The molecule has 0 radical (unpaired) electrons. The van der Waals surface area contributed by atoms with Gasteiger partial charge < -0.3 is 20.7 Å². The molecule has 0 aliphatic carbocycles. The SMILES string of the molecule is CN(C(=O)NCCN)C1CCOCC1. The first-order chi connectivity index (χ1) is 6.75. The van der Waals surface area contributed by atoms with Crippen molar-refractivity contribution >= 4 is 6.03 Å². The van der Waals surface area contributed by atoms with Gasteiger partial charge in [-0.05, 0) is 12.8 Å². The fourth-order valence-corrected chi connectivity index (χ4v) is 1.54. The summed E-state index contributed by atoms with van der Waals surface area (Å²) in [4.78, 5) is 13.3. The molecule has 1 fully saturated rings. The second-order valence-electron chi connectivity index (χ2n) is 3.48. The van der Waals surface area contributed by atoms with Gasteiger partial charge in [0.05, 0.1) is 0 Å². The van der Waals surface area contributed by atoms with Crippen molar-refractivity contribution in [3.63, 3.8) is 0 Å². The molecule has 1 rings (SSSR count). The van der Waals surface area contributed by atoms with E-state index < -0.39 is 0 Å². The summed E-state index contributed by atoms with van der Waals surface area (Å²) in [6.07, 6.45) is 1.85. The van der Waals surface area contributed by atoms with Crippen molar-refractivity contribution in [3.05, 3.63) is 0 Å². The highest BCUT2D eigenvalue weighted by Gasteiger charge is 2.21. The Bertz CT molecular complexity index is 181. The van der Waals surface area contributed by atoms with Crippen molar-refractivity contribution in [2.75, 3.05) is 33.4 Å². The number of nitrogens with two attached hydrogens (primary N) is 1. The lowest BCUT2D eigenvalue weighted by Crippen LogP contribution is -2.46. The molecule has 2 amide bonds. The summed E-state index contributed by atoms with van der Waals surface area (Å²) in [6, 6.07) is 0.267. The van der Waals surface area contributed by atoms with Crippen molar-refractivity contribution in [1.29, 1.82) is 0 Å². The van der Waals surface area contributed by atoms with E-state index in [0.29, 0.717) is 19.1 Å². The molecule has 0 aromatic rings. The topological polar surface area (TPSA) is 67.6 Å². The molecule has 0 spiro atoms. The predicted molar refractivity (Wildman–Crippen MR) is 54.1 cm³/mol. The predicted octanol–water partition coefficient (Wildman–Crippen LogP) is -0.234. The van der Waals surface area contributed by atoms with Crippen LogP contribution >= 0.6 is 0 Å². The number of urea groups is 1. The smallest absolute Gasteiger partial charge is 0.317 e. The third-order valence-corrected chi connectivity index (χ3v) is 2.48. The quantitative estimate of drug-likeness (QED) is 0.662. The van der Waals surface area contributed by atoms with Gasteiger partial charge in [0.15, 0.2) is 0 Å². The van der Waals surface area contributed by atoms with Crippen molar-refractivity contribution < 1.29 is 9.53 Å². The van der Waals surface area contributed by atoms with E-state index in [1.807, 2.05) is 7.05 Å². The highest BCUT2D eigenvalue weighted by atomic mass is 16.5. The number of carbonyl (C=O) groups is 1. The fourth-order valence-electron chi connectivity index (χ4n) is 1.54. The highest BCUT2D eigenvalue weighted by molar-refractivity contribution is 5.74. The van der Waals surface area contributed by atoms with E-state index in [-0.39, 0.29) is 6.03 Å². The van der Waals surface area contributed by atoms with Gasteiger partial charge in [0, 0.05) is 39.4 Å². The zero-order valence-corrected chi connectivity index (χ0v) is 8.66. The third-order valence-electron chi connectivity index (χ3n) is 2.48. The number of carbonyl (C=O) groups excluding carboxylic acids is 1. The van der Waals surface area contributed by atoms with Crippen molar-refractivity contribution in [2.45, 2.75) is 18.9 Å². The van der Waals surface area contributed by atoms with E-state index in [0.717, 1.165) is 26.1 Å². The van der Waals surface area contributed by atoms with Gasteiger partial charge >= 0.3 is 6.03 Å². The third kappa shape index (κ3) is 3.16. The molecule has 5 nitrogen and oxygen atoms in total. The Hall–Kier alpha value is -0.810. The van der Waals surface area contributed by atoms with Gasteiger partial charge in [-0.25, -0.2) is 4.79 Å². The van der Waals surface area contributed by atoms with E-state index in [1.54, 1.807) is 4.90 Å². The number of ether oxygens (including phenoxy) is 1. The molecule has 0 atom stereocenters. The molecule has 1 heterocycles. The molecule has 14 heavy (non-hydrogen) atoms. The number of hydrogen-bond acceptors (Lipinski definition) is 3. The number of hydrogen-bond donors (Lipinski definition) is 2. The summed E-state index contributed by atoms with van der Waals surface area (Å²) < 4.78 is 5.23. The molecule has 1 saturated heterocycles. The first-order valence-electron chi connectivity index (χ1n) is 5.04. The molecule has 3 N–H and O–H groups in total. The minimum atomic E-state index is -0.0395. The molecule has 0 aromatic heterocycles. The van der Waals surface area contributed by atoms with Gasteiger partial charge in [-0.15, -0.1) is 0 Å². The second kappa shape index (κ2) is 5.82. The first-order valence-corrected chi connectivity index (χ1v) is 5.04. The molecule has 5 heteroatoms. The van der Waals surface area contributed by atoms with Crippen LogP contribution in [0.25, 0.3) is 0 Å². The van der Waals surface area contributed by atoms with Crippen molar-refractivity contribution in [2.24, 2.45) is 5.73 Å². The standard InChI is InChI=1S/C9H19N3O2/c1-12(9(13)11-5-4-10)8-2-6-14-7-3-8/h8H,2-7,10H2,1H3,(H,11,13). The number of amides is 2. The van der Waals surface area contributed by atoms with Gasteiger partial charge in [0.2, 0.25) is 0 Å². The van der Waals surface area contributed by atoms with Crippen molar-refractivity contribution in [3.8, 4) is 0 Å². The van der Waals surface area contributed by atoms with Crippen LogP contribution in [0, 0.1) is 0 Å². The summed E-state index contributed by atoms with van der Waals surface area (Å²) in [5.74, 6) is 0. The number of rotatable bonds is 3. The summed E-state index contributed by atoms with van der Waals surface area (Å²) in [7, 11) is 1.82. The normalized spacial score (nSPS) is 17.9. The molecule has 1 aliphatic heterocycles. The monoisotopic (exact) mass is 201 g/mol. The Morgan fingerprint density at radius 3 is 2.79 bits per heavy atom. The molecule has 82 valence electrons. The van der Waals surface area contributed by atoms with Crippen LogP contribution in [0.5, 0.6) is 0 Å². The van der Waals surface area contributed by atoms with Crippen LogP contribution in [-0.2, 0) is 4.74 Å². The summed E-state index contributed by atoms with van der Waals surface area (Å²) in [6.45, 7) is 2.51. The Labute approximate surface area is 84.6 Å². The van der Waals surface area contributed by atoms with Gasteiger partial charge in [-0.2, -0.15) is 0 Å². The van der Waals surface area contributed by atoms with Crippen LogP contribution in [0.15, 0.2) is 0 Å². The van der Waals surface area contributed by atoms with E-state index in [9.17, 15) is 4.79 Å². The van der Waals surface area contributed by atoms with Gasteiger partial charge in [-0.3, -0.25) is 0 Å². The Morgan fingerprint density at radius 2 is 2.21 bits per heavy atom. The van der Waals surface area contributed by atoms with Crippen molar-refractivity contribution in [1.82, 2.24) is 10.2 Å². The lowest BCUT2D eigenvalue weighted by Gasteiger charge is -2.31. The zero-order chi connectivity index (χ0) is 10.4. The lowest BCUT2D eigenvalue weighted by atomic mass is 10.1. The van der Waals surface area contributed by atoms with E-state index in [1.165, 1.54) is 0 Å². The van der Waals surface area contributed by atoms with Crippen LogP contribution < -0.4 is 11.1 Å². The van der Waals surface area contributed by atoms with E-state index >= 15 is 0 Å². The van der Waals surface area contributed by atoms with Crippen LogP contribution in [-0.4, -0.2) is 50.3 Å². The van der Waals surface area contributed by atoms with Crippen LogP contribution in [0.1, 0.15) is 12.8 Å². The van der Waals surface area contributed by atoms with Gasteiger partial charge in [0.25, 0.3) is 0 Å². The molecule has 0 saturated carbocycles. The van der Waals surface area contributed by atoms with Crippen LogP contribution in [0.2, 0.25) is 0 Å². The largest absolute Gasteiger partial charge is 0.381 e. The van der Waals surface area contributed by atoms with Gasteiger partial charge in [-0.1, -0.05) is 0 Å². The minimum absolute atomic E-state index is 0.0395. The van der Waals surface area contributed by atoms with E-state index in [2.05, 4.69) is 5.32 Å². The molecule has 0 unspecified atom stereocenters. The highest BCUT2D eigenvalue weighted by Crippen LogP contribution is 2.12. The fraction of sp³-hybridized carbons (Fsp3) is 0.889. The summed E-state index contributed by atoms with van der Waals surface area (Å²) >= 11 is 0. The van der Waals surface area contributed by atoms with Gasteiger partial charge in [0.1, 0.15) is 0 Å². The molecule has 0 bridgehead atoms. The summed E-state index contributed by atoms with van der Waals surface area (Å²) in [5, 5.41) is 2.75. The van der Waals surface area contributed by atoms with Crippen LogP contribution in [0.4, 0.5) is 4.79 Å². The Kier molecular flexibility index (Phi) is 4.69. The maximum absolute atomic E-state index is 11.5. The number of nitrogens with one attached hydrogen (secondary N) is 1. The lowest BCUT2D eigenvalue weighted by molar-refractivity contribution is 0.0526. The second-order valence-corrected chi connectivity index (χ2v) is 3.48. The summed E-state index contributed by atoms with van der Waals surface area (Å²) in [5.41, 5.74) is 5.30. The molecule has 0 aromatic carbocycles. The Balaban J connectivity index is 2.30. The average Bonchev–Trinajstić information content (AvgIpc) is 2.26. The maximum Gasteiger partial charge on any atom is 0.317 e. The van der Waals surface area contributed by atoms with Crippen LogP contribution in [0.3, 0.4) is 0 Å². The zero-order valence-electron chi connectivity index (χ0n) is 8.66.